The number of esters is 1. The molecule has 0 aliphatic carbocycles. The maximum absolute atomic E-state index is 11.3. The summed E-state index contributed by atoms with van der Waals surface area (Å²) >= 11 is 0. The number of ether oxygens (including phenoxy) is 2. The molecular formula is C9H17NO3. The van der Waals surface area contributed by atoms with Crippen molar-refractivity contribution >= 4 is 5.97 Å². The molecule has 13 heavy (non-hydrogen) atoms. The third kappa shape index (κ3) is 2.97. The van der Waals surface area contributed by atoms with Gasteiger partial charge in [-0.1, -0.05) is 0 Å². The van der Waals surface area contributed by atoms with Crippen LogP contribution in [0.3, 0.4) is 0 Å². The van der Waals surface area contributed by atoms with Crippen LogP contribution in [0.5, 0.6) is 0 Å². The highest BCUT2D eigenvalue weighted by molar-refractivity contribution is 5.75. The molecule has 1 aliphatic rings. The van der Waals surface area contributed by atoms with Gasteiger partial charge in [-0.25, -0.2) is 0 Å². The molecule has 0 bridgehead atoms. The molecule has 4 heteroatoms. The van der Waals surface area contributed by atoms with E-state index in [0.717, 1.165) is 19.4 Å². The molecule has 0 unspecified atom stereocenters. The third-order valence-electron chi connectivity index (χ3n) is 2.26. The number of carbonyl (C=O) groups excluding carboxylic acids is 1. The Balaban J connectivity index is 2.37. The van der Waals surface area contributed by atoms with E-state index in [1.54, 1.807) is 7.11 Å². The van der Waals surface area contributed by atoms with Gasteiger partial charge in [-0.2, -0.15) is 0 Å². The average molecular weight is 187 g/mol. The summed E-state index contributed by atoms with van der Waals surface area (Å²) in [6, 6.07) is -0.182. The fraction of sp³-hybridized carbons (Fsp3) is 0.889. The van der Waals surface area contributed by atoms with Crippen molar-refractivity contribution in [2.45, 2.75) is 31.9 Å². The predicted molar refractivity (Wildman–Crippen MR) is 48.5 cm³/mol. The standard InChI is InChI=1S/C9H17NO3/c1-3-13-9(11)8-6-7(12-2)4-5-10-8/h7-8,10H,3-6H2,1-2H3/t7-,8+/m1/s1. The zero-order chi connectivity index (χ0) is 9.68. The van der Waals surface area contributed by atoms with Crippen molar-refractivity contribution in [1.82, 2.24) is 5.32 Å². The fourth-order valence-electron chi connectivity index (χ4n) is 1.52. The van der Waals surface area contributed by atoms with Gasteiger partial charge in [-0.3, -0.25) is 4.79 Å². The predicted octanol–water partition coefficient (Wildman–Crippen LogP) is 0.317. The first-order valence-electron chi connectivity index (χ1n) is 4.70. The molecule has 76 valence electrons. The number of hydrogen-bond acceptors (Lipinski definition) is 4. The van der Waals surface area contributed by atoms with E-state index in [-0.39, 0.29) is 18.1 Å². The molecule has 1 heterocycles. The normalized spacial score (nSPS) is 28.5. The molecule has 2 atom stereocenters. The summed E-state index contributed by atoms with van der Waals surface area (Å²) in [5.74, 6) is -0.163. The Morgan fingerprint density at radius 3 is 3.00 bits per heavy atom. The van der Waals surface area contributed by atoms with E-state index in [1.165, 1.54) is 0 Å². The minimum atomic E-state index is -0.182. The van der Waals surface area contributed by atoms with Crippen LogP contribution < -0.4 is 5.32 Å². The molecule has 1 N–H and O–H groups in total. The van der Waals surface area contributed by atoms with Crippen molar-refractivity contribution in [3.63, 3.8) is 0 Å². The lowest BCUT2D eigenvalue weighted by atomic mass is 10.0. The van der Waals surface area contributed by atoms with E-state index in [9.17, 15) is 4.79 Å². The van der Waals surface area contributed by atoms with Gasteiger partial charge in [-0.15, -0.1) is 0 Å². The molecule has 1 rings (SSSR count). The first-order valence-corrected chi connectivity index (χ1v) is 4.70. The Morgan fingerprint density at radius 2 is 2.38 bits per heavy atom. The molecule has 4 nitrogen and oxygen atoms in total. The van der Waals surface area contributed by atoms with Crippen molar-refractivity contribution < 1.29 is 14.3 Å². The molecular weight excluding hydrogens is 170 g/mol. The molecule has 1 fully saturated rings. The van der Waals surface area contributed by atoms with Crippen LogP contribution in [0.4, 0.5) is 0 Å². The first kappa shape index (κ1) is 10.5. The van der Waals surface area contributed by atoms with E-state index in [0.29, 0.717) is 6.61 Å². The second-order valence-corrected chi connectivity index (χ2v) is 3.14. The van der Waals surface area contributed by atoms with Crippen LogP contribution >= 0.6 is 0 Å². The lowest BCUT2D eigenvalue weighted by Crippen LogP contribution is -2.46. The largest absolute Gasteiger partial charge is 0.465 e. The highest BCUT2D eigenvalue weighted by Gasteiger charge is 2.27. The van der Waals surface area contributed by atoms with Gasteiger partial charge in [0, 0.05) is 7.11 Å². The Morgan fingerprint density at radius 1 is 1.62 bits per heavy atom. The molecule has 0 aromatic heterocycles. The number of methoxy groups -OCH3 is 1. The van der Waals surface area contributed by atoms with Gasteiger partial charge in [0.25, 0.3) is 0 Å². The summed E-state index contributed by atoms with van der Waals surface area (Å²) < 4.78 is 10.1. The summed E-state index contributed by atoms with van der Waals surface area (Å²) in [4.78, 5) is 11.3. The molecule has 0 aromatic rings. The van der Waals surface area contributed by atoms with Gasteiger partial charge in [0.15, 0.2) is 0 Å². The summed E-state index contributed by atoms with van der Waals surface area (Å²) in [5, 5.41) is 3.11. The summed E-state index contributed by atoms with van der Waals surface area (Å²) in [5.41, 5.74) is 0. The van der Waals surface area contributed by atoms with Gasteiger partial charge >= 0.3 is 5.97 Å². The second-order valence-electron chi connectivity index (χ2n) is 3.14. The molecule has 1 saturated heterocycles. The summed E-state index contributed by atoms with van der Waals surface area (Å²) in [6.45, 7) is 3.07. The summed E-state index contributed by atoms with van der Waals surface area (Å²) in [7, 11) is 1.68. The van der Waals surface area contributed by atoms with E-state index in [2.05, 4.69) is 5.32 Å². The first-order chi connectivity index (χ1) is 6.27. The van der Waals surface area contributed by atoms with Gasteiger partial charge in [-0.05, 0) is 26.3 Å². The van der Waals surface area contributed by atoms with Gasteiger partial charge in [0.05, 0.1) is 12.7 Å². The molecule has 0 radical (unpaired) electrons. The molecule has 0 spiro atoms. The van der Waals surface area contributed by atoms with Crippen LogP contribution in [0.15, 0.2) is 0 Å². The Bertz CT molecular complexity index is 172. The lowest BCUT2D eigenvalue weighted by Gasteiger charge is -2.27. The Hall–Kier alpha value is -0.610. The van der Waals surface area contributed by atoms with Crippen LogP contribution in [-0.2, 0) is 14.3 Å². The van der Waals surface area contributed by atoms with E-state index in [1.807, 2.05) is 6.92 Å². The second kappa shape index (κ2) is 5.19. The minimum Gasteiger partial charge on any atom is -0.465 e. The van der Waals surface area contributed by atoms with Gasteiger partial charge in [0.1, 0.15) is 6.04 Å². The van der Waals surface area contributed by atoms with Crippen molar-refractivity contribution in [2.75, 3.05) is 20.3 Å². The van der Waals surface area contributed by atoms with E-state index < -0.39 is 0 Å². The minimum absolute atomic E-state index is 0.163. The highest BCUT2D eigenvalue weighted by Crippen LogP contribution is 2.12. The Kier molecular flexibility index (Phi) is 4.18. The quantitative estimate of drug-likeness (QED) is 0.646. The Labute approximate surface area is 78.6 Å². The van der Waals surface area contributed by atoms with E-state index in [4.69, 9.17) is 9.47 Å². The number of carbonyl (C=O) groups is 1. The van der Waals surface area contributed by atoms with Crippen molar-refractivity contribution in [3.8, 4) is 0 Å². The number of nitrogens with one attached hydrogen (secondary N) is 1. The lowest BCUT2D eigenvalue weighted by molar-refractivity contribution is -0.147. The molecule has 0 aromatic carbocycles. The van der Waals surface area contributed by atoms with Crippen LogP contribution in [0.25, 0.3) is 0 Å². The zero-order valence-corrected chi connectivity index (χ0v) is 8.21. The van der Waals surface area contributed by atoms with Gasteiger partial charge in [0.2, 0.25) is 0 Å². The zero-order valence-electron chi connectivity index (χ0n) is 8.21. The maximum Gasteiger partial charge on any atom is 0.323 e. The van der Waals surface area contributed by atoms with Crippen LogP contribution in [-0.4, -0.2) is 38.4 Å². The molecule has 1 aliphatic heterocycles. The van der Waals surface area contributed by atoms with Gasteiger partial charge < -0.3 is 14.8 Å². The van der Waals surface area contributed by atoms with Crippen molar-refractivity contribution in [2.24, 2.45) is 0 Å². The third-order valence-corrected chi connectivity index (χ3v) is 2.26. The number of hydrogen-bond donors (Lipinski definition) is 1. The van der Waals surface area contributed by atoms with Crippen LogP contribution in [0.1, 0.15) is 19.8 Å². The monoisotopic (exact) mass is 187 g/mol. The molecule has 0 saturated carbocycles. The fourth-order valence-corrected chi connectivity index (χ4v) is 1.52. The van der Waals surface area contributed by atoms with Crippen LogP contribution in [0, 0.1) is 0 Å². The topological polar surface area (TPSA) is 47.6 Å². The number of rotatable bonds is 3. The van der Waals surface area contributed by atoms with Crippen molar-refractivity contribution in [3.05, 3.63) is 0 Å². The van der Waals surface area contributed by atoms with Crippen molar-refractivity contribution in [1.29, 1.82) is 0 Å². The average Bonchev–Trinajstić information content (AvgIpc) is 2.18. The summed E-state index contributed by atoms with van der Waals surface area (Å²) in [6.07, 6.45) is 1.87. The maximum atomic E-state index is 11.3. The van der Waals surface area contributed by atoms with E-state index >= 15 is 0 Å². The smallest absolute Gasteiger partial charge is 0.323 e. The number of piperidine rings is 1. The van der Waals surface area contributed by atoms with Crippen LogP contribution in [0.2, 0.25) is 0 Å². The molecule has 0 amide bonds. The highest BCUT2D eigenvalue weighted by atomic mass is 16.5. The SMILES string of the molecule is CCOC(=O)[C@@H]1C[C@H](OC)CCN1.